The minimum absolute atomic E-state index is 0.153. The van der Waals surface area contributed by atoms with E-state index in [-0.39, 0.29) is 17.8 Å². The highest BCUT2D eigenvalue weighted by atomic mass is 19.1. The van der Waals surface area contributed by atoms with E-state index >= 15 is 0 Å². The molecule has 2 atom stereocenters. The van der Waals surface area contributed by atoms with E-state index in [0.29, 0.717) is 5.92 Å². The average Bonchev–Trinajstić information content (AvgIpc) is 2.27. The van der Waals surface area contributed by atoms with E-state index in [1.807, 2.05) is 0 Å². The summed E-state index contributed by atoms with van der Waals surface area (Å²) in [6.07, 6.45) is 1.22. The van der Waals surface area contributed by atoms with Gasteiger partial charge in [0, 0.05) is 13.1 Å². The SMILES string of the molecule is CC(C)CN(C)CC(C)C(N)c1ccc(F)cn1. The first-order chi connectivity index (χ1) is 8.40. The molecule has 1 rings (SSSR count). The van der Waals surface area contributed by atoms with Crippen LogP contribution in [0, 0.1) is 17.7 Å². The highest BCUT2D eigenvalue weighted by Gasteiger charge is 2.18. The van der Waals surface area contributed by atoms with Crippen molar-refractivity contribution in [2.45, 2.75) is 26.8 Å². The van der Waals surface area contributed by atoms with Crippen molar-refractivity contribution in [3.63, 3.8) is 0 Å². The molecule has 0 saturated heterocycles. The Bertz CT molecular complexity index is 351. The summed E-state index contributed by atoms with van der Waals surface area (Å²) in [7, 11) is 2.10. The van der Waals surface area contributed by atoms with Gasteiger partial charge in [0.1, 0.15) is 5.82 Å². The molecule has 0 aliphatic rings. The lowest BCUT2D eigenvalue weighted by atomic mass is 9.98. The van der Waals surface area contributed by atoms with Crippen LogP contribution in [0.4, 0.5) is 4.39 Å². The summed E-state index contributed by atoms with van der Waals surface area (Å²) in [4.78, 5) is 6.33. The first kappa shape index (κ1) is 15.1. The number of rotatable bonds is 6. The zero-order chi connectivity index (χ0) is 13.7. The molecule has 18 heavy (non-hydrogen) atoms. The van der Waals surface area contributed by atoms with Gasteiger partial charge in [0.15, 0.2) is 0 Å². The third kappa shape index (κ3) is 4.70. The van der Waals surface area contributed by atoms with E-state index in [0.717, 1.165) is 18.8 Å². The number of nitrogens with two attached hydrogens (primary N) is 1. The van der Waals surface area contributed by atoms with Gasteiger partial charge in [-0.1, -0.05) is 20.8 Å². The normalized spacial score (nSPS) is 15.1. The molecule has 0 spiro atoms. The fourth-order valence-corrected chi connectivity index (χ4v) is 2.18. The van der Waals surface area contributed by atoms with Gasteiger partial charge in [0.25, 0.3) is 0 Å². The highest BCUT2D eigenvalue weighted by molar-refractivity contribution is 5.10. The second kappa shape index (κ2) is 6.81. The summed E-state index contributed by atoms with van der Waals surface area (Å²) in [5.41, 5.74) is 6.91. The minimum Gasteiger partial charge on any atom is -0.322 e. The topological polar surface area (TPSA) is 42.1 Å². The average molecular weight is 253 g/mol. The number of nitrogens with zero attached hydrogens (tertiary/aromatic N) is 2. The minimum atomic E-state index is -0.324. The summed E-state index contributed by atoms with van der Waals surface area (Å²) < 4.78 is 12.8. The van der Waals surface area contributed by atoms with Crippen LogP contribution >= 0.6 is 0 Å². The monoisotopic (exact) mass is 253 g/mol. The third-order valence-corrected chi connectivity index (χ3v) is 2.98. The molecule has 0 amide bonds. The van der Waals surface area contributed by atoms with Crippen LogP contribution in [0.5, 0.6) is 0 Å². The van der Waals surface area contributed by atoms with Crippen molar-refractivity contribution in [3.05, 3.63) is 29.8 Å². The number of aromatic nitrogens is 1. The molecular weight excluding hydrogens is 229 g/mol. The van der Waals surface area contributed by atoms with E-state index in [1.165, 1.54) is 12.3 Å². The van der Waals surface area contributed by atoms with Crippen molar-refractivity contribution >= 4 is 0 Å². The van der Waals surface area contributed by atoms with Crippen LogP contribution in [0.15, 0.2) is 18.3 Å². The van der Waals surface area contributed by atoms with E-state index < -0.39 is 0 Å². The molecule has 0 aliphatic carbocycles. The van der Waals surface area contributed by atoms with Gasteiger partial charge in [0.2, 0.25) is 0 Å². The van der Waals surface area contributed by atoms with Crippen molar-refractivity contribution < 1.29 is 4.39 Å². The first-order valence-electron chi connectivity index (χ1n) is 6.45. The van der Waals surface area contributed by atoms with Crippen molar-refractivity contribution in [1.29, 1.82) is 0 Å². The number of hydrogen-bond acceptors (Lipinski definition) is 3. The summed E-state index contributed by atoms with van der Waals surface area (Å²) in [5, 5.41) is 0. The van der Waals surface area contributed by atoms with E-state index in [2.05, 4.69) is 37.7 Å². The Labute approximate surface area is 109 Å². The van der Waals surface area contributed by atoms with Crippen LogP contribution in [0.25, 0.3) is 0 Å². The molecule has 1 aromatic heterocycles. The fourth-order valence-electron chi connectivity index (χ4n) is 2.18. The largest absolute Gasteiger partial charge is 0.322 e. The number of hydrogen-bond donors (Lipinski definition) is 1. The van der Waals surface area contributed by atoms with Crippen LogP contribution in [0.1, 0.15) is 32.5 Å². The maximum atomic E-state index is 12.8. The zero-order valence-corrected chi connectivity index (χ0v) is 11.7. The quantitative estimate of drug-likeness (QED) is 0.846. The van der Waals surface area contributed by atoms with Gasteiger partial charge >= 0.3 is 0 Å². The Hall–Kier alpha value is -1.00. The summed E-state index contributed by atoms with van der Waals surface area (Å²) >= 11 is 0. The van der Waals surface area contributed by atoms with E-state index in [1.54, 1.807) is 6.07 Å². The molecule has 4 heteroatoms. The summed E-state index contributed by atoms with van der Waals surface area (Å²) in [6.45, 7) is 8.46. The highest BCUT2D eigenvalue weighted by Crippen LogP contribution is 2.18. The fraction of sp³-hybridized carbons (Fsp3) is 0.643. The van der Waals surface area contributed by atoms with Crippen molar-refractivity contribution in [2.24, 2.45) is 17.6 Å². The molecular formula is C14H24FN3. The zero-order valence-electron chi connectivity index (χ0n) is 11.7. The molecule has 2 unspecified atom stereocenters. The molecule has 0 aliphatic heterocycles. The third-order valence-electron chi connectivity index (χ3n) is 2.98. The van der Waals surface area contributed by atoms with Crippen LogP contribution in [-0.4, -0.2) is 30.0 Å². The Morgan fingerprint density at radius 1 is 1.28 bits per heavy atom. The molecule has 0 saturated carbocycles. The molecule has 0 radical (unpaired) electrons. The lowest BCUT2D eigenvalue weighted by Crippen LogP contribution is -2.33. The molecule has 0 bridgehead atoms. The van der Waals surface area contributed by atoms with Gasteiger partial charge in [-0.05, 0) is 31.0 Å². The maximum Gasteiger partial charge on any atom is 0.141 e. The summed E-state index contributed by atoms with van der Waals surface area (Å²) in [6, 6.07) is 2.92. The molecule has 1 heterocycles. The Kier molecular flexibility index (Phi) is 5.69. The predicted octanol–water partition coefficient (Wildman–Crippen LogP) is 2.44. The van der Waals surface area contributed by atoms with Crippen LogP contribution in [-0.2, 0) is 0 Å². The van der Waals surface area contributed by atoms with Gasteiger partial charge in [-0.25, -0.2) is 4.39 Å². The van der Waals surface area contributed by atoms with Crippen LogP contribution < -0.4 is 5.73 Å². The summed E-state index contributed by atoms with van der Waals surface area (Å²) in [5.74, 6) is 0.601. The van der Waals surface area contributed by atoms with Gasteiger partial charge in [-0.15, -0.1) is 0 Å². The molecule has 0 fully saturated rings. The maximum absolute atomic E-state index is 12.8. The molecule has 3 nitrogen and oxygen atoms in total. The van der Waals surface area contributed by atoms with Gasteiger partial charge in [-0.2, -0.15) is 0 Å². The van der Waals surface area contributed by atoms with Gasteiger partial charge < -0.3 is 10.6 Å². The van der Waals surface area contributed by atoms with Crippen molar-refractivity contribution in [2.75, 3.05) is 20.1 Å². The van der Waals surface area contributed by atoms with Gasteiger partial charge in [0.05, 0.1) is 17.9 Å². The predicted molar refractivity (Wildman–Crippen MR) is 72.6 cm³/mol. The van der Waals surface area contributed by atoms with Crippen LogP contribution in [0.3, 0.4) is 0 Å². The Balaban J connectivity index is 2.55. The van der Waals surface area contributed by atoms with E-state index in [4.69, 9.17) is 5.73 Å². The second-order valence-corrected chi connectivity index (χ2v) is 5.52. The van der Waals surface area contributed by atoms with E-state index in [9.17, 15) is 4.39 Å². The molecule has 2 N–H and O–H groups in total. The standard InChI is InChI=1S/C14H24FN3/c1-10(2)8-18(4)9-11(3)14(16)13-6-5-12(15)7-17-13/h5-7,10-11,14H,8-9,16H2,1-4H3. The number of halogens is 1. The lowest BCUT2D eigenvalue weighted by Gasteiger charge is -2.26. The smallest absolute Gasteiger partial charge is 0.141 e. The molecule has 0 aromatic carbocycles. The Morgan fingerprint density at radius 3 is 2.44 bits per heavy atom. The van der Waals surface area contributed by atoms with Crippen LogP contribution in [0.2, 0.25) is 0 Å². The first-order valence-corrected chi connectivity index (χ1v) is 6.45. The second-order valence-electron chi connectivity index (χ2n) is 5.52. The molecule has 102 valence electrons. The number of pyridine rings is 1. The van der Waals surface area contributed by atoms with Crippen molar-refractivity contribution in [1.82, 2.24) is 9.88 Å². The van der Waals surface area contributed by atoms with Crippen molar-refractivity contribution in [3.8, 4) is 0 Å². The lowest BCUT2D eigenvalue weighted by molar-refractivity contribution is 0.240. The molecule has 1 aromatic rings. The Morgan fingerprint density at radius 2 is 1.94 bits per heavy atom. The van der Waals surface area contributed by atoms with Gasteiger partial charge in [-0.3, -0.25) is 4.98 Å².